The molecule has 0 unspecified atom stereocenters. The third-order valence-electron chi connectivity index (χ3n) is 5.17. The van der Waals surface area contributed by atoms with Gasteiger partial charge >= 0.3 is 0 Å². The number of nitrogens with zero attached hydrogens (tertiary/aromatic N) is 2. The first-order chi connectivity index (χ1) is 13.6. The van der Waals surface area contributed by atoms with Crippen LogP contribution in [0, 0.1) is 5.92 Å². The van der Waals surface area contributed by atoms with Gasteiger partial charge in [0.15, 0.2) is 17.5 Å². The van der Waals surface area contributed by atoms with Gasteiger partial charge in [-0.2, -0.15) is 0 Å². The van der Waals surface area contributed by atoms with Crippen LogP contribution in [-0.2, 0) is 6.54 Å². The van der Waals surface area contributed by atoms with E-state index in [2.05, 4.69) is 46.4 Å². The number of nitrogens with two attached hydrogens (primary N) is 1. The summed E-state index contributed by atoms with van der Waals surface area (Å²) in [5, 5.41) is 3.09. The summed E-state index contributed by atoms with van der Waals surface area (Å²) in [4.78, 5) is 6.90. The Bertz CT molecular complexity index is 797. The summed E-state index contributed by atoms with van der Waals surface area (Å²) in [7, 11) is 3.21. The van der Waals surface area contributed by atoms with Crippen LogP contribution in [0.3, 0.4) is 0 Å². The fourth-order valence-corrected chi connectivity index (χ4v) is 3.36. The minimum absolute atomic E-state index is 0.362. The number of benzene rings is 2. The van der Waals surface area contributed by atoms with Crippen molar-refractivity contribution in [3.8, 4) is 11.5 Å². The number of piperidine rings is 1. The molecule has 0 amide bonds. The molecule has 3 N–H and O–H groups in total. The van der Waals surface area contributed by atoms with Crippen LogP contribution in [0.1, 0.15) is 25.3 Å². The van der Waals surface area contributed by atoms with Crippen LogP contribution in [-0.4, -0.2) is 33.3 Å². The first kappa shape index (κ1) is 19.9. The molecular weight excluding hydrogens is 352 g/mol. The second-order valence-electron chi connectivity index (χ2n) is 7.23. The minimum atomic E-state index is 0.362. The molecule has 0 atom stereocenters. The Labute approximate surface area is 167 Å². The summed E-state index contributed by atoms with van der Waals surface area (Å²) in [6, 6.07) is 14.1. The Kier molecular flexibility index (Phi) is 6.63. The lowest BCUT2D eigenvalue weighted by atomic mass is 9.99. The van der Waals surface area contributed by atoms with Crippen molar-refractivity contribution in [1.29, 1.82) is 0 Å². The van der Waals surface area contributed by atoms with Crippen molar-refractivity contribution < 1.29 is 9.47 Å². The highest BCUT2D eigenvalue weighted by atomic mass is 16.5. The van der Waals surface area contributed by atoms with E-state index in [0.29, 0.717) is 24.0 Å². The third kappa shape index (κ3) is 5.09. The first-order valence-corrected chi connectivity index (χ1v) is 9.72. The Hall–Kier alpha value is -2.89. The fraction of sp³-hybridized carbons (Fsp3) is 0.409. The molecule has 0 saturated carbocycles. The normalized spacial score (nSPS) is 15.4. The van der Waals surface area contributed by atoms with Gasteiger partial charge in [-0.05, 0) is 48.6 Å². The number of methoxy groups -OCH3 is 2. The highest BCUT2D eigenvalue weighted by molar-refractivity contribution is 5.92. The van der Waals surface area contributed by atoms with E-state index in [-0.39, 0.29) is 0 Å². The molecule has 0 spiro atoms. The van der Waals surface area contributed by atoms with E-state index in [1.54, 1.807) is 14.2 Å². The molecule has 150 valence electrons. The van der Waals surface area contributed by atoms with Gasteiger partial charge in [-0.15, -0.1) is 0 Å². The second kappa shape index (κ2) is 9.35. The summed E-state index contributed by atoms with van der Waals surface area (Å²) >= 11 is 0. The molecule has 1 heterocycles. The van der Waals surface area contributed by atoms with Crippen LogP contribution >= 0.6 is 0 Å². The van der Waals surface area contributed by atoms with Crippen molar-refractivity contribution in [2.24, 2.45) is 16.6 Å². The van der Waals surface area contributed by atoms with Gasteiger partial charge in [0.25, 0.3) is 0 Å². The topological polar surface area (TPSA) is 72.1 Å². The average molecular weight is 383 g/mol. The number of hydrogen-bond donors (Lipinski definition) is 2. The Balaban J connectivity index is 1.57. The number of rotatable bonds is 6. The molecule has 1 fully saturated rings. The Morgan fingerprint density at radius 3 is 2.39 bits per heavy atom. The SMILES string of the molecule is COc1ccc(NC(N)=NCc2ccc(N3CCC(C)CC3)cc2)cc1OC. The number of guanidine groups is 1. The molecule has 28 heavy (non-hydrogen) atoms. The van der Waals surface area contributed by atoms with E-state index in [4.69, 9.17) is 15.2 Å². The number of nitrogens with one attached hydrogen (secondary N) is 1. The maximum absolute atomic E-state index is 6.03. The van der Waals surface area contributed by atoms with Crippen LogP contribution in [0.25, 0.3) is 0 Å². The minimum Gasteiger partial charge on any atom is -0.493 e. The summed E-state index contributed by atoms with van der Waals surface area (Å²) in [5.41, 5.74) is 9.25. The van der Waals surface area contributed by atoms with E-state index in [1.165, 1.54) is 18.5 Å². The van der Waals surface area contributed by atoms with Gasteiger partial charge in [-0.3, -0.25) is 0 Å². The predicted octanol–water partition coefficient (Wildman–Crippen LogP) is 3.87. The van der Waals surface area contributed by atoms with Gasteiger partial charge in [0.1, 0.15) is 0 Å². The van der Waals surface area contributed by atoms with E-state index >= 15 is 0 Å². The van der Waals surface area contributed by atoms with Gasteiger partial charge < -0.3 is 25.4 Å². The van der Waals surface area contributed by atoms with E-state index in [9.17, 15) is 0 Å². The van der Waals surface area contributed by atoms with Crippen LogP contribution in [0.15, 0.2) is 47.5 Å². The van der Waals surface area contributed by atoms with Crippen LogP contribution < -0.4 is 25.4 Å². The third-order valence-corrected chi connectivity index (χ3v) is 5.17. The van der Waals surface area contributed by atoms with Crippen LogP contribution in [0.4, 0.5) is 11.4 Å². The van der Waals surface area contributed by atoms with Crippen LogP contribution in [0.2, 0.25) is 0 Å². The zero-order chi connectivity index (χ0) is 19.9. The zero-order valence-electron chi connectivity index (χ0n) is 16.9. The standard InChI is InChI=1S/C22H30N4O2/c1-16-10-12-26(13-11-16)19-7-4-17(5-8-19)15-24-22(23)25-18-6-9-20(27-2)21(14-18)28-3/h4-9,14,16H,10-13,15H2,1-3H3,(H3,23,24,25). The smallest absolute Gasteiger partial charge is 0.193 e. The molecule has 2 aromatic carbocycles. The van der Waals surface area contributed by atoms with Gasteiger partial charge in [-0.1, -0.05) is 19.1 Å². The van der Waals surface area contributed by atoms with E-state index < -0.39 is 0 Å². The van der Waals surface area contributed by atoms with Gasteiger partial charge in [0.05, 0.1) is 20.8 Å². The number of anilines is 2. The Morgan fingerprint density at radius 1 is 1.07 bits per heavy atom. The van der Waals surface area contributed by atoms with Gasteiger partial charge in [-0.25, -0.2) is 4.99 Å². The van der Waals surface area contributed by atoms with Gasteiger partial charge in [0.2, 0.25) is 0 Å². The average Bonchev–Trinajstić information content (AvgIpc) is 2.73. The maximum Gasteiger partial charge on any atom is 0.193 e. The number of ether oxygens (including phenoxy) is 2. The highest BCUT2D eigenvalue weighted by Crippen LogP contribution is 2.29. The van der Waals surface area contributed by atoms with Crippen molar-refractivity contribution in [3.05, 3.63) is 48.0 Å². The van der Waals surface area contributed by atoms with E-state index in [0.717, 1.165) is 30.3 Å². The monoisotopic (exact) mass is 382 g/mol. The fourth-order valence-electron chi connectivity index (χ4n) is 3.36. The lowest BCUT2D eigenvalue weighted by Crippen LogP contribution is -2.32. The van der Waals surface area contributed by atoms with Crippen molar-refractivity contribution in [3.63, 3.8) is 0 Å². The molecule has 0 bridgehead atoms. The molecule has 0 aromatic heterocycles. The molecule has 2 aromatic rings. The summed E-state index contributed by atoms with van der Waals surface area (Å²) in [6.45, 7) is 5.14. The van der Waals surface area contributed by atoms with Crippen molar-refractivity contribution >= 4 is 17.3 Å². The predicted molar refractivity (Wildman–Crippen MR) is 116 cm³/mol. The quantitative estimate of drug-likeness (QED) is 0.586. The molecule has 6 heteroatoms. The second-order valence-corrected chi connectivity index (χ2v) is 7.23. The van der Waals surface area contributed by atoms with Crippen LogP contribution in [0.5, 0.6) is 11.5 Å². The summed E-state index contributed by atoms with van der Waals surface area (Å²) in [5.74, 6) is 2.52. The largest absolute Gasteiger partial charge is 0.493 e. The molecule has 1 aliphatic rings. The van der Waals surface area contributed by atoms with Crippen molar-refractivity contribution in [2.45, 2.75) is 26.3 Å². The molecule has 0 radical (unpaired) electrons. The summed E-state index contributed by atoms with van der Waals surface area (Å²) in [6.07, 6.45) is 2.54. The number of hydrogen-bond acceptors (Lipinski definition) is 4. The molecule has 1 aliphatic heterocycles. The number of aliphatic imine (C=N–C) groups is 1. The Morgan fingerprint density at radius 2 is 1.75 bits per heavy atom. The molecule has 0 aliphatic carbocycles. The maximum atomic E-state index is 6.03. The summed E-state index contributed by atoms with van der Waals surface area (Å²) < 4.78 is 10.5. The lowest BCUT2D eigenvalue weighted by molar-refractivity contribution is 0.355. The highest BCUT2D eigenvalue weighted by Gasteiger charge is 2.15. The lowest BCUT2D eigenvalue weighted by Gasteiger charge is -2.32. The molecule has 6 nitrogen and oxygen atoms in total. The first-order valence-electron chi connectivity index (χ1n) is 9.72. The van der Waals surface area contributed by atoms with E-state index in [1.807, 2.05) is 18.2 Å². The van der Waals surface area contributed by atoms with Gasteiger partial charge in [0, 0.05) is 30.5 Å². The zero-order valence-corrected chi connectivity index (χ0v) is 16.9. The van der Waals surface area contributed by atoms with Crippen molar-refractivity contribution in [2.75, 3.05) is 37.5 Å². The molecule has 3 rings (SSSR count). The van der Waals surface area contributed by atoms with Crippen molar-refractivity contribution in [1.82, 2.24) is 0 Å². The molecular formula is C22H30N4O2. The molecule has 1 saturated heterocycles.